The Morgan fingerprint density at radius 1 is 1.15 bits per heavy atom. The van der Waals surface area contributed by atoms with E-state index in [1.807, 2.05) is 0 Å². The number of benzene rings is 2. The summed E-state index contributed by atoms with van der Waals surface area (Å²) in [7, 11) is 0. The fourth-order valence-corrected chi connectivity index (χ4v) is 3.54. The molecule has 0 aliphatic carbocycles. The Labute approximate surface area is 229 Å². The fourth-order valence-electron chi connectivity index (χ4n) is 3.54. The number of nitrogens with zero attached hydrogens (tertiary/aromatic N) is 1. The van der Waals surface area contributed by atoms with E-state index in [-0.39, 0.29) is 37.2 Å². The van der Waals surface area contributed by atoms with Crippen LogP contribution in [0.2, 0.25) is 0 Å². The number of rotatable bonds is 12. The van der Waals surface area contributed by atoms with Gasteiger partial charge in [-0.2, -0.15) is 0 Å². The fraction of sp³-hybridized carbons (Fsp3) is 0.222. The summed E-state index contributed by atoms with van der Waals surface area (Å²) in [4.78, 5) is 38.5. The number of carbonyl (C=O) groups excluding carboxylic acids is 1. The number of nitrogens with two attached hydrogens (primary N) is 1. The van der Waals surface area contributed by atoms with E-state index in [1.165, 1.54) is 6.07 Å². The lowest BCUT2D eigenvalue weighted by atomic mass is 10.1. The van der Waals surface area contributed by atoms with E-state index in [0.717, 1.165) is 16.9 Å². The predicted octanol–water partition coefficient (Wildman–Crippen LogP) is 3.59. The Hall–Kier alpha value is -4.22. The molecule has 1 amide bonds. The molecule has 12 heteroatoms. The van der Waals surface area contributed by atoms with Gasteiger partial charge in [0.15, 0.2) is 5.69 Å². The number of carbonyl (C=O) groups is 2. The maximum Gasteiger partial charge on any atom is 0.358 e. The number of halogens is 3. The molecular weight excluding hydrogens is 534 g/mol. The second-order valence-electron chi connectivity index (χ2n) is 8.39. The van der Waals surface area contributed by atoms with E-state index in [1.54, 1.807) is 49.4 Å². The van der Waals surface area contributed by atoms with Crippen molar-refractivity contribution in [2.24, 2.45) is 5.73 Å². The molecule has 0 spiro atoms. The van der Waals surface area contributed by atoms with Crippen molar-refractivity contribution in [3.8, 4) is 5.75 Å². The van der Waals surface area contributed by atoms with Gasteiger partial charge in [0.2, 0.25) is 11.2 Å². The molecular formula is C27H29ClF2N4O5. The highest BCUT2D eigenvalue weighted by molar-refractivity contribution is 5.96. The van der Waals surface area contributed by atoms with E-state index in [2.05, 4.69) is 10.7 Å². The Bertz CT molecular complexity index is 1380. The molecule has 0 saturated carbocycles. The smallest absolute Gasteiger partial charge is 0.358 e. The molecule has 0 bridgehead atoms. The SMILES string of the molecule is CC(CC=CCN)Nn1cc(C(=O)NCc2ccc(F)cc2F)c(=O)c(OCc2ccccc2)c1C(=O)O.Cl. The van der Waals surface area contributed by atoms with Crippen molar-refractivity contribution >= 4 is 24.3 Å². The predicted molar refractivity (Wildman–Crippen MR) is 145 cm³/mol. The van der Waals surface area contributed by atoms with Gasteiger partial charge < -0.3 is 26.3 Å². The molecule has 2 aromatic carbocycles. The Kier molecular flexibility index (Phi) is 11.6. The van der Waals surface area contributed by atoms with Crippen molar-refractivity contribution in [3.63, 3.8) is 0 Å². The highest BCUT2D eigenvalue weighted by Gasteiger charge is 2.26. The summed E-state index contributed by atoms with van der Waals surface area (Å²) in [6.07, 6.45) is 5.07. The van der Waals surface area contributed by atoms with Crippen molar-refractivity contribution < 1.29 is 28.2 Å². The van der Waals surface area contributed by atoms with Crippen LogP contribution in [0, 0.1) is 11.6 Å². The molecule has 0 radical (unpaired) electrons. The van der Waals surface area contributed by atoms with Gasteiger partial charge in [0.05, 0.1) is 0 Å². The summed E-state index contributed by atoms with van der Waals surface area (Å²) in [6, 6.07) is 11.3. The number of ether oxygens (including phenoxy) is 1. The Balaban J connectivity index is 0.00000533. The molecule has 39 heavy (non-hydrogen) atoms. The molecule has 9 nitrogen and oxygen atoms in total. The highest BCUT2D eigenvalue weighted by atomic mass is 35.5. The molecule has 1 atom stereocenters. The number of aromatic nitrogens is 1. The summed E-state index contributed by atoms with van der Waals surface area (Å²) in [5.41, 5.74) is 7.19. The lowest BCUT2D eigenvalue weighted by molar-refractivity contribution is 0.0677. The monoisotopic (exact) mass is 562 g/mol. The van der Waals surface area contributed by atoms with E-state index >= 15 is 0 Å². The van der Waals surface area contributed by atoms with Crippen molar-refractivity contribution in [1.82, 2.24) is 9.99 Å². The van der Waals surface area contributed by atoms with Crippen LogP contribution in [0.25, 0.3) is 0 Å². The normalized spacial score (nSPS) is 11.5. The van der Waals surface area contributed by atoms with E-state index < -0.39 is 45.9 Å². The third kappa shape index (κ3) is 8.39. The molecule has 3 aromatic rings. The van der Waals surface area contributed by atoms with Crippen molar-refractivity contribution in [1.29, 1.82) is 0 Å². The van der Waals surface area contributed by atoms with Gasteiger partial charge in [-0.25, -0.2) is 13.6 Å². The Morgan fingerprint density at radius 2 is 1.87 bits per heavy atom. The number of aromatic carboxylic acids is 1. The van der Waals surface area contributed by atoms with Gasteiger partial charge in [-0.05, 0) is 25.0 Å². The number of hydrogen-bond acceptors (Lipinski definition) is 6. The minimum absolute atomic E-state index is 0. The molecule has 1 aromatic heterocycles. The third-order valence-corrected chi connectivity index (χ3v) is 5.44. The van der Waals surface area contributed by atoms with E-state index in [0.29, 0.717) is 24.6 Å². The second kappa shape index (κ2) is 14.6. The molecule has 0 fully saturated rings. The Morgan fingerprint density at radius 3 is 2.51 bits per heavy atom. The zero-order valence-electron chi connectivity index (χ0n) is 21.0. The maximum atomic E-state index is 14.0. The van der Waals surface area contributed by atoms with E-state index in [4.69, 9.17) is 10.5 Å². The summed E-state index contributed by atoms with van der Waals surface area (Å²) in [5, 5.41) is 12.4. The van der Waals surface area contributed by atoms with Crippen LogP contribution in [-0.4, -0.2) is 34.2 Å². The first-order valence-electron chi connectivity index (χ1n) is 11.7. The number of carboxylic acids is 1. The number of amides is 1. The van der Waals surface area contributed by atoms with Crippen LogP contribution in [0.3, 0.4) is 0 Å². The summed E-state index contributed by atoms with van der Waals surface area (Å²) in [6.45, 7) is 1.64. The summed E-state index contributed by atoms with van der Waals surface area (Å²) < 4.78 is 33.9. The molecule has 1 heterocycles. The first-order chi connectivity index (χ1) is 18.2. The molecule has 0 aliphatic rings. The van der Waals surface area contributed by atoms with Gasteiger partial charge in [0.1, 0.15) is 23.8 Å². The van der Waals surface area contributed by atoms with Crippen molar-refractivity contribution in [2.45, 2.75) is 32.5 Å². The lowest BCUT2D eigenvalue weighted by Gasteiger charge is -2.21. The standard InChI is InChI=1S/C27H28F2N4O5.ClH/c1-17(7-5-6-12-30)32-33-15-21(26(35)31-14-19-10-11-20(28)13-22(19)29)24(34)25(23(33)27(36)37)38-16-18-8-3-2-4-9-18;/h2-6,8-11,13,15,17,32H,7,12,14,16,30H2,1H3,(H,31,35)(H,36,37);1H. The largest absolute Gasteiger partial charge is 0.482 e. The minimum Gasteiger partial charge on any atom is -0.482 e. The number of hydrogen-bond donors (Lipinski definition) is 4. The molecule has 0 aliphatic heterocycles. The first-order valence-corrected chi connectivity index (χ1v) is 11.7. The van der Waals surface area contributed by atoms with Crippen LogP contribution in [0.5, 0.6) is 5.75 Å². The van der Waals surface area contributed by atoms with Gasteiger partial charge in [0, 0.05) is 37.0 Å². The minimum atomic E-state index is -1.46. The van der Waals surface area contributed by atoms with Crippen LogP contribution >= 0.6 is 12.4 Å². The number of pyridine rings is 1. The van der Waals surface area contributed by atoms with Crippen LogP contribution < -0.4 is 26.6 Å². The molecule has 3 rings (SSSR count). The van der Waals surface area contributed by atoms with E-state index in [9.17, 15) is 28.3 Å². The number of carboxylic acid groups (broad SMARTS) is 1. The van der Waals surface area contributed by atoms with Gasteiger partial charge in [-0.15, -0.1) is 12.4 Å². The van der Waals surface area contributed by atoms with Crippen LogP contribution in [0.1, 0.15) is 45.3 Å². The van der Waals surface area contributed by atoms with Crippen LogP contribution in [0.15, 0.2) is 71.7 Å². The average Bonchev–Trinajstić information content (AvgIpc) is 2.88. The van der Waals surface area contributed by atoms with Crippen LogP contribution in [-0.2, 0) is 13.2 Å². The first kappa shape index (κ1) is 31.0. The quantitative estimate of drug-likeness (QED) is 0.248. The van der Waals surface area contributed by atoms with Gasteiger partial charge in [0.25, 0.3) is 5.91 Å². The topological polar surface area (TPSA) is 136 Å². The average molecular weight is 563 g/mol. The van der Waals surface area contributed by atoms with Crippen molar-refractivity contribution in [2.75, 3.05) is 12.0 Å². The zero-order chi connectivity index (χ0) is 27.7. The maximum absolute atomic E-state index is 14.0. The zero-order valence-corrected chi connectivity index (χ0v) is 21.8. The summed E-state index contributed by atoms with van der Waals surface area (Å²) in [5.74, 6) is -4.53. The second-order valence-corrected chi connectivity index (χ2v) is 8.39. The molecule has 208 valence electrons. The molecule has 5 N–H and O–H groups in total. The highest BCUT2D eigenvalue weighted by Crippen LogP contribution is 2.18. The third-order valence-electron chi connectivity index (χ3n) is 5.44. The van der Waals surface area contributed by atoms with Crippen LogP contribution in [0.4, 0.5) is 8.78 Å². The van der Waals surface area contributed by atoms with Gasteiger partial charge in [-0.3, -0.25) is 14.3 Å². The van der Waals surface area contributed by atoms with Gasteiger partial charge in [-0.1, -0.05) is 48.6 Å². The molecule has 1 unspecified atom stereocenters. The lowest BCUT2D eigenvalue weighted by Crippen LogP contribution is -2.36. The molecule has 0 saturated heterocycles. The number of nitrogens with one attached hydrogen (secondary N) is 2. The van der Waals surface area contributed by atoms with Gasteiger partial charge >= 0.3 is 5.97 Å². The van der Waals surface area contributed by atoms with Crippen molar-refractivity contribution in [3.05, 3.63) is 111 Å². The summed E-state index contributed by atoms with van der Waals surface area (Å²) >= 11 is 0.